The molecule has 4 aromatic rings. The first-order valence-electron chi connectivity index (χ1n) is 15.8. The number of carbonyl (C=O) groups is 2. The number of hydrogen-bond acceptors (Lipinski definition) is 5. The Labute approximate surface area is 284 Å². The van der Waals surface area contributed by atoms with Gasteiger partial charge in [0.2, 0.25) is 0 Å². The Kier molecular flexibility index (Phi) is 12.6. The first-order chi connectivity index (χ1) is 23.1. The van der Waals surface area contributed by atoms with E-state index in [1.165, 1.54) is 6.08 Å². The van der Waals surface area contributed by atoms with Gasteiger partial charge in [-0.25, -0.2) is 9.59 Å². The summed E-state index contributed by atoms with van der Waals surface area (Å²) in [5, 5.41) is 0. The van der Waals surface area contributed by atoms with Crippen molar-refractivity contribution >= 4 is 11.9 Å². The molecule has 0 atom stereocenters. The lowest BCUT2D eigenvalue weighted by Gasteiger charge is -2.23. The number of benzene rings is 4. The number of ether oxygens (including phenoxy) is 3. The maximum Gasteiger partial charge on any atom is 0.330 e. The van der Waals surface area contributed by atoms with Crippen LogP contribution in [0.4, 0.5) is 0 Å². The van der Waals surface area contributed by atoms with E-state index in [9.17, 15) is 9.59 Å². The van der Waals surface area contributed by atoms with Gasteiger partial charge >= 0.3 is 11.9 Å². The van der Waals surface area contributed by atoms with Gasteiger partial charge < -0.3 is 14.2 Å². The second kappa shape index (κ2) is 17.2. The van der Waals surface area contributed by atoms with E-state index in [1.54, 1.807) is 0 Å². The Bertz CT molecular complexity index is 1850. The summed E-state index contributed by atoms with van der Waals surface area (Å²) in [5.41, 5.74) is 7.80. The summed E-state index contributed by atoms with van der Waals surface area (Å²) in [6.45, 7) is 14.4. The van der Waals surface area contributed by atoms with Crippen molar-refractivity contribution in [2.24, 2.45) is 0 Å². The average molecular weight is 637 g/mol. The zero-order valence-corrected chi connectivity index (χ0v) is 27.8. The summed E-state index contributed by atoms with van der Waals surface area (Å²) in [6, 6.07) is 30.0. The number of rotatable bonds is 11. The first-order valence-corrected chi connectivity index (χ1v) is 15.8. The van der Waals surface area contributed by atoms with Crippen molar-refractivity contribution in [1.29, 1.82) is 0 Å². The van der Waals surface area contributed by atoms with Crippen molar-refractivity contribution in [3.8, 4) is 29.4 Å². The zero-order valence-electron chi connectivity index (χ0n) is 27.8. The van der Waals surface area contributed by atoms with Crippen molar-refractivity contribution in [1.82, 2.24) is 0 Å². The second-order valence-electron chi connectivity index (χ2n) is 12.1. The molecular weight excluding hydrogens is 596 g/mol. The van der Waals surface area contributed by atoms with Gasteiger partial charge in [-0.3, -0.25) is 0 Å². The molecule has 0 N–H and O–H groups in total. The summed E-state index contributed by atoms with van der Waals surface area (Å²) in [4.78, 5) is 22.4. The van der Waals surface area contributed by atoms with E-state index < -0.39 is 11.9 Å². The lowest BCUT2D eigenvalue weighted by atomic mass is 9.85. The number of carbonyl (C=O) groups excluding carboxylic acids is 2. The molecule has 0 heterocycles. The van der Waals surface area contributed by atoms with Crippen molar-refractivity contribution in [2.75, 3.05) is 13.2 Å². The molecule has 0 saturated heterocycles. The molecule has 48 heavy (non-hydrogen) atoms. The third-order valence-corrected chi connectivity index (χ3v) is 7.35. The number of esters is 2. The molecule has 5 nitrogen and oxygen atoms in total. The highest BCUT2D eigenvalue weighted by Crippen LogP contribution is 2.32. The fourth-order valence-corrected chi connectivity index (χ4v) is 4.62. The van der Waals surface area contributed by atoms with Gasteiger partial charge in [0.25, 0.3) is 0 Å². The standard InChI is InChI=1S/C43H40O5/c1-6-41(44)46-28-26-35-14-10-32(11-15-35)8-9-34-19-22-38(23-20-34)31-48-40-25-24-37(30-39(40)43(3,4)5)21-18-33-12-16-36(17-13-33)27-29-47-42(45)7-2/h6-7,10-17,19-20,22-25,30H,1-2,26-29,31H2,3-5H3. The molecule has 5 heteroatoms. The van der Waals surface area contributed by atoms with Crippen LogP contribution in [0.1, 0.15) is 65.3 Å². The second-order valence-corrected chi connectivity index (χ2v) is 12.1. The molecule has 0 saturated carbocycles. The highest BCUT2D eigenvalue weighted by Gasteiger charge is 2.19. The molecule has 0 aromatic heterocycles. The largest absolute Gasteiger partial charge is 0.489 e. The Morgan fingerprint density at radius 1 is 0.604 bits per heavy atom. The highest BCUT2D eigenvalue weighted by atomic mass is 16.5. The van der Waals surface area contributed by atoms with E-state index in [4.69, 9.17) is 14.2 Å². The van der Waals surface area contributed by atoms with E-state index >= 15 is 0 Å². The molecule has 242 valence electrons. The lowest BCUT2D eigenvalue weighted by molar-refractivity contribution is -0.138. The van der Waals surface area contributed by atoms with Crippen LogP contribution in [0.5, 0.6) is 5.75 Å². The number of hydrogen-bond donors (Lipinski definition) is 0. The highest BCUT2D eigenvalue weighted by molar-refractivity contribution is 5.81. The first kappa shape index (κ1) is 35.1. The molecule has 0 radical (unpaired) electrons. The minimum absolute atomic E-state index is 0.139. The van der Waals surface area contributed by atoms with Crippen LogP contribution >= 0.6 is 0 Å². The van der Waals surface area contributed by atoms with Crippen molar-refractivity contribution in [3.05, 3.63) is 161 Å². The van der Waals surface area contributed by atoms with Crippen LogP contribution in [0.15, 0.2) is 116 Å². The van der Waals surface area contributed by atoms with Gasteiger partial charge in [0.15, 0.2) is 0 Å². The van der Waals surface area contributed by atoms with Gasteiger partial charge in [-0.2, -0.15) is 0 Å². The molecule has 4 aromatic carbocycles. The molecule has 4 rings (SSSR count). The quantitative estimate of drug-likeness (QED) is 0.0952. The molecule has 0 aliphatic carbocycles. The summed E-state index contributed by atoms with van der Waals surface area (Å²) >= 11 is 0. The molecule has 0 unspecified atom stereocenters. The van der Waals surface area contributed by atoms with Gasteiger partial charge in [0.1, 0.15) is 12.4 Å². The van der Waals surface area contributed by atoms with Crippen LogP contribution < -0.4 is 4.74 Å². The average Bonchev–Trinajstić information content (AvgIpc) is 3.10. The fourth-order valence-electron chi connectivity index (χ4n) is 4.62. The maximum absolute atomic E-state index is 11.2. The Balaban J connectivity index is 1.34. The molecular formula is C43H40O5. The molecule has 0 aliphatic heterocycles. The summed E-state index contributed by atoms with van der Waals surface area (Å²) in [6.07, 6.45) is 3.61. The van der Waals surface area contributed by atoms with E-state index in [1.807, 2.05) is 84.9 Å². The predicted octanol–water partition coefficient (Wildman–Crippen LogP) is 7.91. The van der Waals surface area contributed by atoms with Crippen LogP contribution in [0.25, 0.3) is 0 Å². The summed E-state index contributed by atoms with van der Waals surface area (Å²) in [7, 11) is 0. The third kappa shape index (κ3) is 11.2. The zero-order chi connectivity index (χ0) is 34.4. The molecule has 0 bridgehead atoms. The normalized spacial score (nSPS) is 10.4. The lowest BCUT2D eigenvalue weighted by Crippen LogP contribution is -2.14. The van der Waals surface area contributed by atoms with Crippen LogP contribution in [0.3, 0.4) is 0 Å². The van der Waals surface area contributed by atoms with Crippen molar-refractivity contribution < 1.29 is 23.8 Å². The van der Waals surface area contributed by atoms with Gasteiger partial charge in [-0.1, -0.05) is 94.0 Å². The Morgan fingerprint density at radius 2 is 1.00 bits per heavy atom. The molecule has 0 aliphatic rings. The minimum atomic E-state index is -0.413. The SMILES string of the molecule is C=CC(=O)OCCc1ccc(C#Cc2ccc(COc3ccc(C#Cc4ccc(CCOC(=O)C=C)cc4)cc3C(C)(C)C)cc2)cc1. The minimum Gasteiger partial charge on any atom is -0.489 e. The monoisotopic (exact) mass is 636 g/mol. The molecule has 0 fully saturated rings. The van der Waals surface area contributed by atoms with Crippen LogP contribution in [0.2, 0.25) is 0 Å². The van der Waals surface area contributed by atoms with E-state index in [-0.39, 0.29) is 5.41 Å². The smallest absolute Gasteiger partial charge is 0.330 e. The van der Waals surface area contributed by atoms with E-state index in [2.05, 4.69) is 63.7 Å². The molecule has 0 spiro atoms. The van der Waals surface area contributed by atoms with Crippen LogP contribution in [-0.2, 0) is 43.9 Å². The van der Waals surface area contributed by atoms with Crippen LogP contribution in [0, 0.1) is 23.7 Å². The summed E-state index contributed by atoms with van der Waals surface area (Å²) < 4.78 is 16.4. The van der Waals surface area contributed by atoms with Gasteiger partial charge in [-0.15, -0.1) is 0 Å². The fraction of sp³-hybridized carbons (Fsp3) is 0.209. The summed E-state index contributed by atoms with van der Waals surface area (Å²) in [5.74, 6) is 13.0. The van der Waals surface area contributed by atoms with Gasteiger partial charge in [0.05, 0.1) is 13.2 Å². The predicted molar refractivity (Wildman–Crippen MR) is 190 cm³/mol. The van der Waals surface area contributed by atoms with Gasteiger partial charge in [0, 0.05) is 52.8 Å². The van der Waals surface area contributed by atoms with Crippen molar-refractivity contribution in [3.63, 3.8) is 0 Å². The Hall–Kier alpha value is -5.78. The Morgan fingerprint density at radius 3 is 1.42 bits per heavy atom. The van der Waals surface area contributed by atoms with E-state index in [0.717, 1.165) is 56.3 Å². The third-order valence-electron chi connectivity index (χ3n) is 7.35. The molecule has 0 amide bonds. The maximum atomic E-state index is 11.2. The van der Waals surface area contributed by atoms with E-state index in [0.29, 0.717) is 32.7 Å². The van der Waals surface area contributed by atoms with Crippen molar-refractivity contribution in [2.45, 2.75) is 45.6 Å². The topological polar surface area (TPSA) is 61.8 Å². The van der Waals surface area contributed by atoms with Crippen LogP contribution in [-0.4, -0.2) is 25.2 Å². The van der Waals surface area contributed by atoms with Gasteiger partial charge in [-0.05, 0) is 76.7 Å².